The standard InChI is InChI=1S/C10H15NS/c1-10(2,12)8-11-9-6-4-3-5-7-9/h3-7,11-12H,8H2,1-2H3. The van der Waals surface area contributed by atoms with E-state index < -0.39 is 0 Å². The summed E-state index contributed by atoms with van der Waals surface area (Å²) in [6.45, 7) is 5.05. The molecule has 0 spiro atoms. The van der Waals surface area contributed by atoms with Gasteiger partial charge in [-0.15, -0.1) is 0 Å². The van der Waals surface area contributed by atoms with Gasteiger partial charge in [-0.3, -0.25) is 0 Å². The largest absolute Gasteiger partial charge is 0.384 e. The molecule has 2 heteroatoms. The van der Waals surface area contributed by atoms with Crippen molar-refractivity contribution < 1.29 is 0 Å². The van der Waals surface area contributed by atoms with E-state index in [0.29, 0.717) is 0 Å². The molecule has 0 heterocycles. The van der Waals surface area contributed by atoms with Crippen molar-refractivity contribution in [1.82, 2.24) is 0 Å². The zero-order valence-corrected chi connectivity index (χ0v) is 8.44. The molecule has 1 N–H and O–H groups in total. The second kappa shape index (κ2) is 3.85. The number of para-hydroxylation sites is 1. The fraction of sp³-hybridized carbons (Fsp3) is 0.400. The molecular weight excluding hydrogens is 166 g/mol. The molecule has 0 aromatic heterocycles. The second-order valence-corrected chi connectivity index (χ2v) is 4.74. The lowest BCUT2D eigenvalue weighted by molar-refractivity contribution is 0.758. The predicted octanol–water partition coefficient (Wildman–Crippen LogP) is 2.81. The monoisotopic (exact) mass is 181 g/mol. The quantitative estimate of drug-likeness (QED) is 0.683. The molecule has 0 aliphatic rings. The molecule has 1 nitrogen and oxygen atoms in total. The summed E-state index contributed by atoms with van der Waals surface area (Å²) in [5.74, 6) is 0. The lowest BCUT2D eigenvalue weighted by atomic mass is 10.2. The molecule has 0 amide bonds. The third-order valence-electron chi connectivity index (χ3n) is 1.50. The van der Waals surface area contributed by atoms with Gasteiger partial charge in [0.1, 0.15) is 0 Å². The lowest BCUT2D eigenvalue weighted by Crippen LogP contribution is -2.23. The third kappa shape index (κ3) is 3.67. The van der Waals surface area contributed by atoms with Crippen LogP contribution in [0.5, 0.6) is 0 Å². The lowest BCUT2D eigenvalue weighted by Gasteiger charge is -2.18. The molecule has 1 rings (SSSR count). The Morgan fingerprint density at radius 2 is 1.83 bits per heavy atom. The van der Waals surface area contributed by atoms with Crippen molar-refractivity contribution in [3.05, 3.63) is 30.3 Å². The highest BCUT2D eigenvalue weighted by atomic mass is 32.1. The molecule has 0 aliphatic heterocycles. The Balaban J connectivity index is 2.44. The van der Waals surface area contributed by atoms with Gasteiger partial charge < -0.3 is 5.32 Å². The third-order valence-corrected chi connectivity index (χ3v) is 1.66. The van der Waals surface area contributed by atoms with Crippen LogP contribution in [-0.2, 0) is 0 Å². The van der Waals surface area contributed by atoms with E-state index in [9.17, 15) is 0 Å². The van der Waals surface area contributed by atoms with Crippen molar-refractivity contribution >= 4 is 18.3 Å². The highest BCUT2D eigenvalue weighted by Gasteiger charge is 2.09. The summed E-state index contributed by atoms with van der Waals surface area (Å²) in [4.78, 5) is 0. The Morgan fingerprint density at radius 1 is 1.25 bits per heavy atom. The number of hydrogen-bond acceptors (Lipinski definition) is 2. The van der Waals surface area contributed by atoms with Crippen LogP contribution < -0.4 is 5.32 Å². The van der Waals surface area contributed by atoms with E-state index >= 15 is 0 Å². The summed E-state index contributed by atoms with van der Waals surface area (Å²) >= 11 is 4.42. The van der Waals surface area contributed by atoms with Crippen molar-refractivity contribution in [2.45, 2.75) is 18.6 Å². The van der Waals surface area contributed by atoms with Gasteiger partial charge in [0.15, 0.2) is 0 Å². The van der Waals surface area contributed by atoms with E-state index in [0.717, 1.165) is 12.2 Å². The molecule has 1 aromatic carbocycles. The second-order valence-electron chi connectivity index (χ2n) is 3.53. The van der Waals surface area contributed by atoms with Crippen LogP contribution in [0.3, 0.4) is 0 Å². The summed E-state index contributed by atoms with van der Waals surface area (Å²) in [6.07, 6.45) is 0. The van der Waals surface area contributed by atoms with Crippen LogP contribution in [0.1, 0.15) is 13.8 Å². The summed E-state index contributed by atoms with van der Waals surface area (Å²) < 4.78 is 0.0375. The Kier molecular flexibility index (Phi) is 3.04. The first-order valence-corrected chi connectivity index (χ1v) is 4.54. The molecule has 0 atom stereocenters. The molecule has 0 aliphatic carbocycles. The number of hydrogen-bond donors (Lipinski definition) is 2. The van der Waals surface area contributed by atoms with Gasteiger partial charge in [0.2, 0.25) is 0 Å². The molecule has 0 fully saturated rings. The summed E-state index contributed by atoms with van der Waals surface area (Å²) in [6, 6.07) is 10.2. The highest BCUT2D eigenvalue weighted by Crippen LogP contribution is 2.13. The minimum absolute atomic E-state index is 0.0375. The maximum absolute atomic E-state index is 4.42. The molecule has 12 heavy (non-hydrogen) atoms. The smallest absolute Gasteiger partial charge is 0.0340 e. The summed E-state index contributed by atoms with van der Waals surface area (Å²) in [7, 11) is 0. The van der Waals surface area contributed by atoms with Crippen LogP contribution >= 0.6 is 12.6 Å². The molecule has 0 bridgehead atoms. The van der Waals surface area contributed by atoms with Gasteiger partial charge in [0.25, 0.3) is 0 Å². The first kappa shape index (κ1) is 9.46. The van der Waals surface area contributed by atoms with Gasteiger partial charge in [-0.1, -0.05) is 18.2 Å². The van der Waals surface area contributed by atoms with E-state index in [1.54, 1.807) is 0 Å². The maximum Gasteiger partial charge on any atom is 0.0340 e. The topological polar surface area (TPSA) is 12.0 Å². The van der Waals surface area contributed by atoms with E-state index in [2.05, 4.69) is 43.9 Å². The predicted molar refractivity (Wildman–Crippen MR) is 58.0 cm³/mol. The van der Waals surface area contributed by atoms with Crippen molar-refractivity contribution in [3.8, 4) is 0 Å². The van der Waals surface area contributed by atoms with Crippen molar-refractivity contribution in [2.75, 3.05) is 11.9 Å². The van der Waals surface area contributed by atoms with Gasteiger partial charge in [-0.25, -0.2) is 0 Å². The van der Waals surface area contributed by atoms with E-state index in [-0.39, 0.29) is 4.75 Å². The molecular formula is C10H15NS. The van der Waals surface area contributed by atoms with Gasteiger partial charge in [-0.2, -0.15) is 12.6 Å². The average Bonchev–Trinajstić information content (AvgIpc) is 2.02. The molecule has 0 unspecified atom stereocenters. The fourth-order valence-electron chi connectivity index (χ4n) is 0.874. The molecule has 0 saturated carbocycles. The van der Waals surface area contributed by atoms with Crippen molar-refractivity contribution in [1.29, 1.82) is 0 Å². The van der Waals surface area contributed by atoms with Gasteiger partial charge in [0.05, 0.1) is 0 Å². The first-order valence-electron chi connectivity index (χ1n) is 4.09. The SMILES string of the molecule is CC(C)(S)CNc1ccccc1. The zero-order valence-electron chi connectivity index (χ0n) is 7.54. The number of anilines is 1. The first-order chi connectivity index (χ1) is 5.58. The van der Waals surface area contributed by atoms with E-state index in [4.69, 9.17) is 0 Å². The minimum atomic E-state index is 0.0375. The van der Waals surface area contributed by atoms with Crippen LogP contribution in [0.15, 0.2) is 30.3 Å². The Morgan fingerprint density at radius 3 is 2.33 bits per heavy atom. The molecule has 1 aromatic rings. The Labute approximate surface area is 79.6 Å². The van der Waals surface area contributed by atoms with E-state index in [1.165, 1.54) is 0 Å². The normalized spacial score (nSPS) is 11.2. The van der Waals surface area contributed by atoms with Crippen LogP contribution in [0, 0.1) is 0 Å². The van der Waals surface area contributed by atoms with Crippen molar-refractivity contribution in [3.63, 3.8) is 0 Å². The Hall–Kier alpha value is -0.630. The van der Waals surface area contributed by atoms with Crippen LogP contribution in [-0.4, -0.2) is 11.3 Å². The van der Waals surface area contributed by atoms with Gasteiger partial charge >= 0.3 is 0 Å². The van der Waals surface area contributed by atoms with Crippen LogP contribution in [0.25, 0.3) is 0 Å². The number of benzene rings is 1. The maximum atomic E-state index is 4.42. The number of rotatable bonds is 3. The zero-order chi connectivity index (χ0) is 9.03. The molecule has 0 radical (unpaired) electrons. The number of thiol groups is 1. The molecule has 66 valence electrons. The average molecular weight is 181 g/mol. The van der Waals surface area contributed by atoms with Crippen molar-refractivity contribution in [2.24, 2.45) is 0 Å². The number of nitrogens with one attached hydrogen (secondary N) is 1. The van der Waals surface area contributed by atoms with Gasteiger partial charge in [0, 0.05) is 17.0 Å². The van der Waals surface area contributed by atoms with Crippen LogP contribution in [0.2, 0.25) is 0 Å². The summed E-state index contributed by atoms with van der Waals surface area (Å²) in [5.41, 5.74) is 1.15. The highest BCUT2D eigenvalue weighted by molar-refractivity contribution is 7.81. The molecule has 0 saturated heterocycles. The Bertz CT molecular complexity index is 225. The fourth-order valence-corrected chi connectivity index (χ4v) is 0.953. The minimum Gasteiger partial charge on any atom is -0.384 e. The van der Waals surface area contributed by atoms with Crippen LogP contribution in [0.4, 0.5) is 5.69 Å². The van der Waals surface area contributed by atoms with Gasteiger partial charge in [-0.05, 0) is 26.0 Å². The summed E-state index contributed by atoms with van der Waals surface area (Å²) in [5, 5.41) is 3.31. The van der Waals surface area contributed by atoms with E-state index in [1.807, 2.05) is 18.2 Å².